The van der Waals surface area contributed by atoms with Gasteiger partial charge >= 0.3 is 0 Å². The van der Waals surface area contributed by atoms with Crippen LogP contribution in [0.4, 0.5) is 17.5 Å². The molecule has 26 heavy (non-hydrogen) atoms. The largest absolute Gasteiger partial charge is 0.454 e. The van der Waals surface area contributed by atoms with Gasteiger partial charge in [0.15, 0.2) is 11.5 Å². The van der Waals surface area contributed by atoms with E-state index in [2.05, 4.69) is 20.2 Å². The van der Waals surface area contributed by atoms with Crippen molar-refractivity contribution < 1.29 is 14.3 Å². The summed E-state index contributed by atoms with van der Waals surface area (Å²) in [7, 11) is 0. The van der Waals surface area contributed by atoms with Crippen LogP contribution in [-0.2, 0) is 4.79 Å². The number of hydrogen-bond donors (Lipinski definition) is 1. The Morgan fingerprint density at radius 2 is 1.85 bits per heavy atom. The predicted octanol–water partition coefficient (Wildman–Crippen LogP) is 1.93. The monoisotopic (exact) mass is 355 g/mol. The summed E-state index contributed by atoms with van der Waals surface area (Å²) < 4.78 is 10.7. The van der Waals surface area contributed by atoms with Gasteiger partial charge in [0.25, 0.3) is 0 Å². The molecule has 4 rings (SSSR count). The molecule has 8 nitrogen and oxygen atoms in total. The summed E-state index contributed by atoms with van der Waals surface area (Å²) in [5.41, 5.74) is 1.76. The zero-order chi connectivity index (χ0) is 18.1. The van der Waals surface area contributed by atoms with Gasteiger partial charge in [-0.2, -0.15) is 4.98 Å². The molecule has 1 amide bonds. The molecule has 2 aliphatic heterocycles. The van der Waals surface area contributed by atoms with Gasteiger partial charge in [-0.25, -0.2) is 4.98 Å². The number of carbonyl (C=O) groups is 1. The predicted molar refractivity (Wildman–Crippen MR) is 97.1 cm³/mol. The Morgan fingerprint density at radius 1 is 1.08 bits per heavy atom. The lowest BCUT2D eigenvalue weighted by molar-refractivity contribution is -0.129. The van der Waals surface area contributed by atoms with Crippen molar-refractivity contribution in [2.24, 2.45) is 0 Å². The quantitative estimate of drug-likeness (QED) is 0.901. The van der Waals surface area contributed by atoms with Crippen LogP contribution >= 0.6 is 0 Å². The normalized spacial score (nSPS) is 15.9. The molecule has 0 saturated carbocycles. The topological polar surface area (TPSA) is 79.8 Å². The van der Waals surface area contributed by atoms with Crippen molar-refractivity contribution in [1.82, 2.24) is 14.9 Å². The zero-order valence-corrected chi connectivity index (χ0v) is 14.9. The van der Waals surface area contributed by atoms with Crippen molar-refractivity contribution in [3.63, 3.8) is 0 Å². The second-order valence-electron chi connectivity index (χ2n) is 6.38. The first-order chi connectivity index (χ1) is 12.6. The molecule has 1 N–H and O–H groups in total. The highest BCUT2D eigenvalue weighted by Gasteiger charge is 2.21. The highest BCUT2D eigenvalue weighted by Crippen LogP contribution is 2.35. The molecule has 1 aromatic carbocycles. The van der Waals surface area contributed by atoms with Gasteiger partial charge in [0, 0.05) is 56.6 Å². The Kier molecular flexibility index (Phi) is 4.24. The Labute approximate surface area is 151 Å². The van der Waals surface area contributed by atoms with Crippen molar-refractivity contribution in [3.8, 4) is 11.5 Å². The lowest BCUT2D eigenvalue weighted by Crippen LogP contribution is -2.48. The molecule has 0 spiro atoms. The fourth-order valence-electron chi connectivity index (χ4n) is 3.10. The maximum Gasteiger partial charge on any atom is 0.231 e. The lowest BCUT2D eigenvalue weighted by Gasteiger charge is -2.34. The van der Waals surface area contributed by atoms with Crippen LogP contribution in [0, 0.1) is 6.92 Å². The molecule has 136 valence electrons. The van der Waals surface area contributed by atoms with E-state index in [9.17, 15) is 4.79 Å². The van der Waals surface area contributed by atoms with E-state index in [0.29, 0.717) is 19.0 Å². The summed E-state index contributed by atoms with van der Waals surface area (Å²) in [5.74, 6) is 2.98. The summed E-state index contributed by atoms with van der Waals surface area (Å²) in [5, 5.41) is 3.30. The third kappa shape index (κ3) is 3.35. The maximum atomic E-state index is 11.5. The number of amides is 1. The minimum absolute atomic E-state index is 0.111. The summed E-state index contributed by atoms with van der Waals surface area (Å²) in [6, 6.07) is 7.60. The zero-order valence-electron chi connectivity index (χ0n) is 14.9. The second kappa shape index (κ2) is 6.70. The lowest BCUT2D eigenvalue weighted by atomic mass is 10.2. The molecule has 0 bridgehead atoms. The van der Waals surface area contributed by atoms with E-state index in [1.165, 1.54) is 0 Å². The average molecular weight is 355 g/mol. The number of anilines is 3. The maximum absolute atomic E-state index is 11.5. The van der Waals surface area contributed by atoms with Crippen LogP contribution in [0.1, 0.15) is 12.6 Å². The van der Waals surface area contributed by atoms with E-state index < -0.39 is 0 Å². The molecule has 0 radical (unpaired) electrons. The molecule has 1 saturated heterocycles. The van der Waals surface area contributed by atoms with Crippen LogP contribution in [0.15, 0.2) is 24.3 Å². The number of aryl methyl sites for hydroxylation is 1. The standard InChI is InChI=1S/C18H21N5O3/c1-12-9-17(20-14-3-4-15-16(10-14)26-11-25-15)21-18(19-12)23-7-5-22(6-8-23)13(2)24/h3-4,9-10H,5-8,11H2,1-2H3,(H,19,20,21). The summed E-state index contributed by atoms with van der Waals surface area (Å²) >= 11 is 0. The van der Waals surface area contributed by atoms with E-state index in [-0.39, 0.29) is 12.7 Å². The Morgan fingerprint density at radius 3 is 2.62 bits per heavy atom. The first kappa shape index (κ1) is 16.4. The number of carbonyl (C=O) groups excluding carboxylic acids is 1. The molecule has 0 aliphatic carbocycles. The molecule has 8 heteroatoms. The van der Waals surface area contributed by atoms with Crippen LogP contribution < -0.4 is 19.7 Å². The first-order valence-corrected chi connectivity index (χ1v) is 8.61. The molecule has 0 atom stereocenters. The first-order valence-electron chi connectivity index (χ1n) is 8.61. The van der Waals surface area contributed by atoms with Crippen LogP contribution in [0.25, 0.3) is 0 Å². The molecule has 3 heterocycles. The molecular formula is C18H21N5O3. The van der Waals surface area contributed by atoms with Crippen molar-refractivity contribution >= 4 is 23.4 Å². The van der Waals surface area contributed by atoms with Gasteiger partial charge in [0.2, 0.25) is 18.6 Å². The number of hydrogen-bond acceptors (Lipinski definition) is 7. The third-order valence-corrected chi connectivity index (χ3v) is 4.50. The summed E-state index contributed by atoms with van der Waals surface area (Å²) in [4.78, 5) is 24.6. The van der Waals surface area contributed by atoms with Gasteiger partial charge in [-0.1, -0.05) is 0 Å². The minimum atomic E-state index is 0.111. The molecular weight excluding hydrogens is 334 g/mol. The Bertz CT molecular complexity index is 834. The van der Waals surface area contributed by atoms with E-state index in [4.69, 9.17) is 9.47 Å². The van der Waals surface area contributed by atoms with Crippen LogP contribution in [0.5, 0.6) is 11.5 Å². The number of nitrogens with zero attached hydrogens (tertiary/aromatic N) is 4. The fraction of sp³-hybridized carbons (Fsp3) is 0.389. The molecule has 0 unspecified atom stereocenters. The van der Waals surface area contributed by atoms with Crippen molar-refractivity contribution in [2.45, 2.75) is 13.8 Å². The van der Waals surface area contributed by atoms with E-state index >= 15 is 0 Å². The fourth-order valence-corrected chi connectivity index (χ4v) is 3.10. The van der Waals surface area contributed by atoms with Crippen LogP contribution in [0.2, 0.25) is 0 Å². The third-order valence-electron chi connectivity index (χ3n) is 4.50. The highest BCUT2D eigenvalue weighted by atomic mass is 16.7. The number of nitrogens with one attached hydrogen (secondary N) is 1. The number of piperazine rings is 1. The molecule has 1 fully saturated rings. The molecule has 2 aromatic rings. The van der Waals surface area contributed by atoms with Gasteiger partial charge in [-0.15, -0.1) is 0 Å². The van der Waals surface area contributed by atoms with Crippen molar-refractivity contribution in [1.29, 1.82) is 0 Å². The number of benzene rings is 1. The highest BCUT2D eigenvalue weighted by molar-refractivity contribution is 5.73. The number of rotatable bonds is 3. The number of aromatic nitrogens is 2. The Hall–Kier alpha value is -3.03. The molecule has 2 aliphatic rings. The van der Waals surface area contributed by atoms with E-state index in [0.717, 1.165) is 41.8 Å². The number of ether oxygens (including phenoxy) is 2. The van der Waals surface area contributed by atoms with E-state index in [1.54, 1.807) is 6.92 Å². The smallest absolute Gasteiger partial charge is 0.231 e. The van der Waals surface area contributed by atoms with E-state index in [1.807, 2.05) is 36.1 Å². The SMILES string of the molecule is CC(=O)N1CCN(c2nc(C)cc(Nc3ccc4c(c3)OCO4)n2)CC1. The van der Waals surface area contributed by atoms with Crippen LogP contribution in [-0.4, -0.2) is 53.7 Å². The average Bonchev–Trinajstić information content (AvgIpc) is 3.09. The van der Waals surface area contributed by atoms with Crippen molar-refractivity contribution in [3.05, 3.63) is 30.0 Å². The minimum Gasteiger partial charge on any atom is -0.454 e. The van der Waals surface area contributed by atoms with Gasteiger partial charge in [-0.05, 0) is 19.1 Å². The van der Waals surface area contributed by atoms with Gasteiger partial charge in [0.05, 0.1) is 0 Å². The molecule has 1 aromatic heterocycles. The van der Waals surface area contributed by atoms with Crippen LogP contribution in [0.3, 0.4) is 0 Å². The van der Waals surface area contributed by atoms with Gasteiger partial charge in [-0.3, -0.25) is 4.79 Å². The number of fused-ring (bicyclic) bond motifs is 1. The summed E-state index contributed by atoms with van der Waals surface area (Å²) in [6.07, 6.45) is 0. The van der Waals surface area contributed by atoms with Gasteiger partial charge < -0.3 is 24.6 Å². The van der Waals surface area contributed by atoms with Gasteiger partial charge in [0.1, 0.15) is 5.82 Å². The summed E-state index contributed by atoms with van der Waals surface area (Å²) in [6.45, 7) is 6.64. The second-order valence-corrected chi connectivity index (χ2v) is 6.38. The van der Waals surface area contributed by atoms with Crippen molar-refractivity contribution in [2.75, 3.05) is 43.2 Å². The Balaban J connectivity index is 1.50.